The molecule has 2 aliphatic rings. The van der Waals surface area contributed by atoms with Crippen molar-refractivity contribution in [2.45, 2.75) is 25.7 Å². The van der Waals surface area contributed by atoms with Crippen molar-refractivity contribution in [1.29, 1.82) is 0 Å². The number of fused-ring (bicyclic) bond motifs is 3. The predicted molar refractivity (Wildman–Crippen MR) is 218 cm³/mol. The molecule has 0 bridgehead atoms. The van der Waals surface area contributed by atoms with E-state index in [9.17, 15) is 0 Å². The van der Waals surface area contributed by atoms with Gasteiger partial charge in [0.1, 0.15) is 0 Å². The lowest BCUT2D eigenvalue weighted by Gasteiger charge is -2.33. The van der Waals surface area contributed by atoms with Gasteiger partial charge >= 0.3 is 0 Å². The molecule has 0 amide bonds. The maximum absolute atomic E-state index is 2.50. The zero-order chi connectivity index (χ0) is 34.0. The molecule has 9 rings (SSSR count). The highest BCUT2D eigenvalue weighted by molar-refractivity contribution is 6.14. The quantitative estimate of drug-likeness (QED) is 0.155. The molecule has 2 aliphatic carbocycles. The Kier molecular flexibility index (Phi) is 8.24. The van der Waals surface area contributed by atoms with E-state index in [2.05, 4.69) is 193 Å². The van der Waals surface area contributed by atoms with Crippen molar-refractivity contribution < 1.29 is 0 Å². The summed E-state index contributed by atoms with van der Waals surface area (Å²) in [6.07, 6.45) is 13.4. The van der Waals surface area contributed by atoms with Crippen molar-refractivity contribution in [1.82, 2.24) is 0 Å². The second-order valence-corrected chi connectivity index (χ2v) is 13.5. The van der Waals surface area contributed by atoms with Crippen molar-refractivity contribution in [3.8, 4) is 22.3 Å². The van der Waals surface area contributed by atoms with Crippen molar-refractivity contribution in [2.75, 3.05) is 4.90 Å². The fraction of sp³-hybridized carbons (Fsp3) is 0.0800. The summed E-state index contributed by atoms with van der Waals surface area (Å²) in [4.78, 5) is 2.50. The van der Waals surface area contributed by atoms with E-state index in [4.69, 9.17) is 0 Å². The first-order valence-corrected chi connectivity index (χ1v) is 18.1. The van der Waals surface area contributed by atoms with E-state index in [1.54, 1.807) is 0 Å². The Morgan fingerprint density at radius 1 is 0.431 bits per heavy atom. The third kappa shape index (κ3) is 6.02. The van der Waals surface area contributed by atoms with Gasteiger partial charge in [0.25, 0.3) is 0 Å². The molecule has 0 fully saturated rings. The summed E-state index contributed by atoms with van der Waals surface area (Å²) < 4.78 is 0. The van der Waals surface area contributed by atoms with Crippen LogP contribution in [0, 0.1) is 0 Å². The Bertz CT molecular complexity index is 2500. The molecule has 0 aromatic heterocycles. The molecule has 51 heavy (non-hydrogen) atoms. The summed E-state index contributed by atoms with van der Waals surface area (Å²) in [6.45, 7) is 0. The van der Waals surface area contributed by atoms with Crippen molar-refractivity contribution in [2.24, 2.45) is 0 Å². The van der Waals surface area contributed by atoms with Gasteiger partial charge in [0.05, 0.1) is 0 Å². The van der Waals surface area contributed by atoms with Crippen molar-refractivity contribution >= 4 is 38.4 Å². The van der Waals surface area contributed by atoms with Crippen molar-refractivity contribution in [3.05, 3.63) is 211 Å². The van der Waals surface area contributed by atoms with Gasteiger partial charge in [-0.2, -0.15) is 0 Å². The van der Waals surface area contributed by atoms with Crippen LogP contribution in [-0.2, 0) is 0 Å². The van der Waals surface area contributed by atoms with Crippen LogP contribution >= 0.6 is 0 Å². The summed E-state index contributed by atoms with van der Waals surface area (Å²) in [7, 11) is 0. The maximum atomic E-state index is 2.50. The Labute approximate surface area is 300 Å². The molecule has 0 radical (unpaired) electrons. The molecule has 7 aromatic rings. The molecule has 0 aliphatic heterocycles. The Morgan fingerprint density at radius 2 is 1.10 bits per heavy atom. The van der Waals surface area contributed by atoms with Crippen LogP contribution in [0.5, 0.6) is 0 Å². The van der Waals surface area contributed by atoms with Crippen LogP contribution in [0.25, 0.3) is 54.9 Å². The normalized spacial score (nSPS) is 14.4. The van der Waals surface area contributed by atoms with Crippen LogP contribution in [0.4, 0.5) is 5.69 Å². The molecular formula is C50H39N. The number of nitrogens with zero attached hydrogens (tertiary/aromatic N) is 1. The van der Waals surface area contributed by atoms with E-state index in [0.29, 0.717) is 0 Å². The number of anilines is 1. The van der Waals surface area contributed by atoms with E-state index >= 15 is 0 Å². The fourth-order valence-corrected chi connectivity index (χ4v) is 7.92. The molecule has 0 unspecified atom stereocenters. The van der Waals surface area contributed by atoms with Crippen LogP contribution in [0.3, 0.4) is 0 Å². The molecule has 244 valence electrons. The molecule has 1 heteroatoms. The van der Waals surface area contributed by atoms with E-state index in [-0.39, 0.29) is 0 Å². The first-order chi connectivity index (χ1) is 25.3. The summed E-state index contributed by atoms with van der Waals surface area (Å²) >= 11 is 0. The topological polar surface area (TPSA) is 3.24 Å². The van der Waals surface area contributed by atoms with E-state index < -0.39 is 0 Å². The van der Waals surface area contributed by atoms with E-state index in [1.807, 2.05) is 0 Å². The van der Waals surface area contributed by atoms with Gasteiger partial charge in [-0.3, -0.25) is 0 Å². The number of allylic oxidation sites excluding steroid dienone is 7. The van der Waals surface area contributed by atoms with Gasteiger partial charge in [0.2, 0.25) is 0 Å². The maximum Gasteiger partial charge on any atom is 0.0493 e. The molecule has 0 N–H and O–H groups in total. The molecule has 0 atom stereocenters. The highest BCUT2D eigenvalue weighted by atomic mass is 15.2. The van der Waals surface area contributed by atoms with Gasteiger partial charge in [-0.05, 0) is 134 Å². The van der Waals surface area contributed by atoms with Crippen LogP contribution in [0.1, 0.15) is 36.8 Å². The molecule has 0 saturated carbocycles. The number of hydrogen-bond acceptors (Lipinski definition) is 1. The monoisotopic (exact) mass is 653 g/mol. The fourth-order valence-electron chi connectivity index (χ4n) is 7.92. The number of rotatable bonds is 7. The first-order valence-electron chi connectivity index (χ1n) is 18.1. The average molecular weight is 654 g/mol. The van der Waals surface area contributed by atoms with Gasteiger partial charge < -0.3 is 4.90 Å². The predicted octanol–water partition coefficient (Wildman–Crippen LogP) is 13.7. The van der Waals surface area contributed by atoms with Crippen LogP contribution in [-0.4, -0.2) is 0 Å². The summed E-state index contributed by atoms with van der Waals surface area (Å²) in [5, 5.41) is 5.13. The van der Waals surface area contributed by atoms with Crippen LogP contribution in [0.15, 0.2) is 199 Å². The minimum absolute atomic E-state index is 0.983. The van der Waals surface area contributed by atoms with Gasteiger partial charge in [-0.1, -0.05) is 146 Å². The lowest BCUT2D eigenvalue weighted by molar-refractivity contribution is 0.901. The minimum atomic E-state index is 0.983. The van der Waals surface area contributed by atoms with Crippen LogP contribution in [0.2, 0.25) is 0 Å². The Hall–Kier alpha value is -6.18. The second kappa shape index (κ2) is 13.6. The average Bonchev–Trinajstić information content (AvgIpc) is 3.22. The number of hydrogen-bond donors (Lipinski definition) is 0. The first kappa shape index (κ1) is 30.8. The zero-order valence-corrected chi connectivity index (χ0v) is 28.7. The smallest absolute Gasteiger partial charge is 0.0493 e. The lowest BCUT2D eigenvalue weighted by Crippen LogP contribution is -2.24. The number of para-hydroxylation sites is 1. The van der Waals surface area contributed by atoms with Gasteiger partial charge in [-0.15, -0.1) is 0 Å². The molecule has 0 heterocycles. The summed E-state index contributed by atoms with van der Waals surface area (Å²) in [5.41, 5.74) is 14.2. The summed E-state index contributed by atoms with van der Waals surface area (Å²) in [5.74, 6) is 0. The van der Waals surface area contributed by atoms with E-state index in [1.165, 1.54) is 83.2 Å². The van der Waals surface area contributed by atoms with Gasteiger partial charge in [0.15, 0.2) is 0 Å². The minimum Gasteiger partial charge on any atom is -0.314 e. The highest BCUT2D eigenvalue weighted by Gasteiger charge is 2.23. The SMILES string of the molecule is C1=CC(N(C2=CC=C(c3ccccc3)CC2)c2ccccc2)=C(c2cccc(-c3ccc4cc(-c5ccccc5)c5ccccc5c4c3)c2)CC1. The van der Waals surface area contributed by atoms with Crippen LogP contribution < -0.4 is 4.90 Å². The van der Waals surface area contributed by atoms with E-state index in [0.717, 1.165) is 25.7 Å². The third-order valence-corrected chi connectivity index (χ3v) is 10.5. The highest BCUT2D eigenvalue weighted by Crippen LogP contribution is 2.41. The summed E-state index contributed by atoms with van der Waals surface area (Å²) in [6, 6.07) is 59.8. The molecule has 7 aromatic carbocycles. The zero-order valence-electron chi connectivity index (χ0n) is 28.7. The third-order valence-electron chi connectivity index (χ3n) is 10.5. The Morgan fingerprint density at radius 3 is 1.86 bits per heavy atom. The molecule has 0 spiro atoms. The van der Waals surface area contributed by atoms with Gasteiger partial charge in [-0.25, -0.2) is 0 Å². The number of benzene rings is 7. The largest absolute Gasteiger partial charge is 0.314 e. The lowest BCUT2D eigenvalue weighted by atomic mass is 9.89. The molecule has 0 saturated heterocycles. The second-order valence-electron chi connectivity index (χ2n) is 13.5. The molecule has 1 nitrogen and oxygen atoms in total. The molecular weight excluding hydrogens is 615 g/mol. The standard InChI is InChI=1S/C50H39N/c1-4-15-36(16-5-1)37-29-31-44(32-30-37)51(43-21-8-3-9-22-43)50-26-13-12-23-45(50)41-20-14-19-39(33-41)40-27-28-42-35-48(38-17-6-2-7-18-38)46-24-10-11-25-47(46)49(42)34-40/h1-11,13-22,24-29,31,33-35H,12,23,30,32H2. The van der Waals surface area contributed by atoms with Gasteiger partial charge in [0, 0.05) is 17.1 Å². The Balaban J connectivity index is 1.14. The van der Waals surface area contributed by atoms with Crippen molar-refractivity contribution in [3.63, 3.8) is 0 Å².